The molecule has 0 radical (unpaired) electrons. The minimum Gasteiger partial charge on any atom is -0.466 e. The van der Waals surface area contributed by atoms with Crippen molar-refractivity contribution in [2.45, 2.75) is 19.8 Å². The van der Waals surface area contributed by atoms with E-state index in [1.165, 1.54) is 0 Å². The van der Waals surface area contributed by atoms with Gasteiger partial charge in [-0.3, -0.25) is 19.9 Å². The molecule has 6 nitrogen and oxygen atoms in total. The first-order chi connectivity index (χ1) is 8.88. The molecular weight excluding hydrogens is 330 g/mol. The molecule has 19 heavy (non-hydrogen) atoms. The molecule has 0 aliphatic carbocycles. The third-order valence-electron chi connectivity index (χ3n) is 2.14. The van der Waals surface area contributed by atoms with Gasteiger partial charge in [0.2, 0.25) is 0 Å². The van der Waals surface area contributed by atoms with Crippen molar-refractivity contribution in [1.29, 1.82) is 0 Å². The third-order valence-corrected chi connectivity index (χ3v) is 2.77. The zero-order valence-electron chi connectivity index (χ0n) is 9.73. The minimum absolute atomic E-state index is 0.0882. The van der Waals surface area contributed by atoms with Gasteiger partial charge in [-0.1, -0.05) is 0 Å². The predicted octanol–water partition coefficient (Wildman–Crippen LogP) is 2.80. The Balaban J connectivity index is 3.28. The highest BCUT2D eigenvalue weighted by atomic mass is 79.9. The number of carbonyl (C=O) groups is 1. The number of rotatable bonds is 5. The molecule has 0 atom stereocenters. The van der Waals surface area contributed by atoms with E-state index in [1.807, 2.05) is 0 Å². The first-order valence-electron chi connectivity index (χ1n) is 5.13. The molecule has 0 unspecified atom stereocenters. The van der Waals surface area contributed by atoms with Gasteiger partial charge >= 0.3 is 11.7 Å². The van der Waals surface area contributed by atoms with Crippen LogP contribution in [0.5, 0.6) is 0 Å². The molecule has 0 spiro atoms. The quantitative estimate of drug-likeness (QED) is 0.468. The molecule has 1 rings (SSSR count). The lowest BCUT2D eigenvalue weighted by molar-refractivity contribution is -0.387. The minimum atomic E-state index is -3.06. The highest BCUT2D eigenvalue weighted by Crippen LogP contribution is 2.36. The van der Waals surface area contributed by atoms with Gasteiger partial charge in [0.15, 0.2) is 0 Å². The molecule has 0 amide bonds. The Morgan fingerprint density at radius 1 is 1.63 bits per heavy atom. The van der Waals surface area contributed by atoms with Crippen molar-refractivity contribution in [3.8, 4) is 0 Å². The van der Waals surface area contributed by atoms with E-state index in [9.17, 15) is 23.7 Å². The Kier molecular flexibility index (Phi) is 5.28. The number of nitro groups is 1. The van der Waals surface area contributed by atoms with E-state index >= 15 is 0 Å². The van der Waals surface area contributed by atoms with Crippen molar-refractivity contribution in [3.63, 3.8) is 0 Å². The van der Waals surface area contributed by atoms with Gasteiger partial charge in [0.05, 0.1) is 22.4 Å². The van der Waals surface area contributed by atoms with Crippen molar-refractivity contribution in [3.05, 3.63) is 32.0 Å². The smallest absolute Gasteiger partial charge is 0.312 e. The number of nitrogens with zero attached hydrogens (tertiary/aromatic N) is 2. The lowest BCUT2D eigenvalue weighted by Crippen LogP contribution is -2.12. The second-order valence-corrected chi connectivity index (χ2v) is 4.21. The molecule has 0 saturated heterocycles. The topological polar surface area (TPSA) is 82.3 Å². The molecule has 0 aliphatic rings. The molecule has 9 heteroatoms. The predicted molar refractivity (Wildman–Crippen MR) is 63.9 cm³/mol. The number of halogens is 3. The van der Waals surface area contributed by atoms with Crippen molar-refractivity contribution in [2.24, 2.45) is 0 Å². The van der Waals surface area contributed by atoms with Crippen LogP contribution in [0.2, 0.25) is 0 Å². The SMILES string of the molecule is CCOC(=O)Cc1ncc(Br)c(C(F)F)c1[N+](=O)[O-]. The standard InChI is InChI=1S/C10H9BrF2N2O4/c1-2-19-7(16)3-6-9(15(17)18)8(10(12)13)5(11)4-14-6/h4,10H,2-3H2,1H3. The molecule has 0 aromatic carbocycles. The molecule has 0 fully saturated rings. The van der Waals surface area contributed by atoms with Gasteiger partial charge in [-0.2, -0.15) is 0 Å². The summed E-state index contributed by atoms with van der Waals surface area (Å²) in [5.41, 5.74) is -2.00. The average molecular weight is 339 g/mol. The average Bonchev–Trinajstić information content (AvgIpc) is 2.30. The summed E-state index contributed by atoms with van der Waals surface area (Å²) < 4.78 is 30.1. The molecule has 0 aliphatic heterocycles. The van der Waals surface area contributed by atoms with E-state index in [0.29, 0.717) is 0 Å². The summed E-state index contributed by atoms with van der Waals surface area (Å²) >= 11 is 2.78. The van der Waals surface area contributed by atoms with Crippen LogP contribution in [0.25, 0.3) is 0 Å². The maximum Gasteiger partial charge on any atom is 0.312 e. The molecule has 104 valence electrons. The summed E-state index contributed by atoms with van der Waals surface area (Å²) in [6.07, 6.45) is -2.58. The molecule has 1 heterocycles. The molecule has 1 aromatic heterocycles. The lowest BCUT2D eigenvalue weighted by atomic mass is 10.1. The number of hydrogen-bond donors (Lipinski definition) is 0. The van der Waals surface area contributed by atoms with E-state index in [-0.39, 0.29) is 16.8 Å². The Morgan fingerprint density at radius 2 is 2.26 bits per heavy atom. The monoisotopic (exact) mass is 338 g/mol. The van der Waals surface area contributed by atoms with Crippen molar-refractivity contribution >= 4 is 27.6 Å². The summed E-state index contributed by atoms with van der Waals surface area (Å²) in [4.78, 5) is 24.8. The van der Waals surface area contributed by atoms with E-state index in [1.54, 1.807) is 6.92 Å². The van der Waals surface area contributed by atoms with Gasteiger partial charge in [-0.15, -0.1) is 0 Å². The van der Waals surface area contributed by atoms with Crippen LogP contribution in [-0.4, -0.2) is 22.5 Å². The normalized spacial score (nSPS) is 10.6. The van der Waals surface area contributed by atoms with E-state index in [2.05, 4.69) is 25.7 Å². The molecule has 0 bridgehead atoms. The first-order valence-corrected chi connectivity index (χ1v) is 5.93. The van der Waals surface area contributed by atoms with Crippen LogP contribution in [-0.2, 0) is 16.0 Å². The van der Waals surface area contributed by atoms with E-state index in [4.69, 9.17) is 0 Å². The van der Waals surface area contributed by atoms with Gasteiger partial charge in [-0.25, -0.2) is 8.78 Å². The number of aromatic nitrogens is 1. The number of pyridine rings is 1. The fourth-order valence-corrected chi connectivity index (χ4v) is 1.89. The second kappa shape index (κ2) is 6.50. The van der Waals surface area contributed by atoms with Gasteiger partial charge < -0.3 is 4.74 Å². The summed E-state index contributed by atoms with van der Waals surface area (Å²) in [6, 6.07) is 0. The number of hydrogen-bond acceptors (Lipinski definition) is 5. The van der Waals surface area contributed by atoms with Crippen molar-refractivity contribution in [1.82, 2.24) is 4.98 Å². The zero-order valence-corrected chi connectivity index (χ0v) is 11.3. The van der Waals surface area contributed by atoms with E-state index < -0.39 is 35.0 Å². The van der Waals surface area contributed by atoms with Crippen LogP contribution < -0.4 is 0 Å². The fourth-order valence-electron chi connectivity index (χ4n) is 1.42. The number of ether oxygens (including phenoxy) is 1. The van der Waals surface area contributed by atoms with Gasteiger partial charge in [-0.05, 0) is 22.9 Å². The third kappa shape index (κ3) is 3.66. The largest absolute Gasteiger partial charge is 0.466 e. The number of alkyl halides is 2. The summed E-state index contributed by atoms with van der Waals surface area (Å²) in [6.45, 7) is 1.65. The van der Waals surface area contributed by atoms with Crippen molar-refractivity contribution < 1.29 is 23.2 Å². The first kappa shape index (κ1) is 15.4. The highest BCUT2D eigenvalue weighted by Gasteiger charge is 2.30. The molecular formula is C10H9BrF2N2O4. The lowest BCUT2D eigenvalue weighted by Gasteiger charge is -2.08. The van der Waals surface area contributed by atoms with Crippen LogP contribution in [0.3, 0.4) is 0 Å². The van der Waals surface area contributed by atoms with Crippen LogP contribution in [0, 0.1) is 10.1 Å². The van der Waals surface area contributed by atoms with E-state index in [0.717, 1.165) is 6.20 Å². The molecule has 0 saturated carbocycles. The van der Waals surface area contributed by atoms with Crippen LogP contribution in [0.1, 0.15) is 24.6 Å². The van der Waals surface area contributed by atoms with Crippen LogP contribution >= 0.6 is 15.9 Å². The molecule has 0 N–H and O–H groups in total. The highest BCUT2D eigenvalue weighted by molar-refractivity contribution is 9.10. The maximum atomic E-state index is 12.8. The van der Waals surface area contributed by atoms with Crippen LogP contribution in [0.15, 0.2) is 10.7 Å². The van der Waals surface area contributed by atoms with Gasteiger partial charge in [0.1, 0.15) is 11.3 Å². The Labute approximate surface area is 115 Å². The van der Waals surface area contributed by atoms with Gasteiger partial charge in [0.25, 0.3) is 6.43 Å². The molecule has 1 aromatic rings. The van der Waals surface area contributed by atoms with Crippen molar-refractivity contribution in [2.75, 3.05) is 6.61 Å². The Morgan fingerprint density at radius 3 is 2.74 bits per heavy atom. The number of esters is 1. The Hall–Kier alpha value is -1.64. The summed E-state index contributed by atoms with van der Waals surface area (Å²) in [7, 11) is 0. The summed E-state index contributed by atoms with van der Waals surface area (Å²) in [5.74, 6) is -0.763. The fraction of sp³-hybridized carbons (Fsp3) is 0.400. The maximum absolute atomic E-state index is 12.8. The Bertz CT molecular complexity index is 511. The second-order valence-electron chi connectivity index (χ2n) is 3.35. The van der Waals surface area contributed by atoms with Gasteiger partial charge in [0, 0.05) is 6.20 Å². The summed E-state index contributed by atoms with van der Waals surface area (Å²) in [5, 5.41) is 10.9. The number of carbonyl (C=O) groups excluding carboxylic acids is 1. The zero-order chi connectivity index (χ0) is 14.6. The van der Waals surface area contributed by atoms with Crippen LogP contribution in [0.4, 0.5) is 14.5 Å².